The van der Waals surface area contributed by atoms with Gasteiger partial charge in [-0.25, -0.2) is 8.42 Å². The zero-order chi connectivity index (χ0) is 12.3. The third kappa shape index (κ3) is 4.03. The standard InChI is InChI=1S/C11H24N2O2S/c1-9(2)11(13(3)4)7-12-10-5-6-16(14,15)8-10/h9-12H,5-8H2,1-4H3. The molecule has 5 heteroatoms. The van der Waals surface area contributed by atoms with Crippen LogP contribution in [0.2, 0.25) is 0 Å². The number of nitrogens with one attached hydrogen (secondary N) is 1. The van der Waals surface area contributed by atoms with Crippen molar-refractivity contribution in [1.29, 1.82) is 0 Å². The van der Waals surface area contributed by atoms with Crippen LogP contribution in [0.5, 0.6) is 0 Å². The molecule has 1 aliphatic rings. The largest absolute Gasteiger partial charge is 0.311 e. The fourth-order valence-electron chi connectivity index (χ4n) is 2.26. The molecular formula is C11H24N2O2S. The Hall–Kier alpha value is -0.130. The summed E-state index contributed by atoms with van der Waals surface area (Å²) in [5.74, 6) is 1.23. The molecule has 0 aromatic carbocycles. The Labute approximate surface area is 99.3 Å². The number of nitrogens with zero attached hydrogens (tertiary/aromatic N) is 1. The van der Waals surface area contributed by atoms with Crippen LogP contribution in [0.1, 0.15) is 20.3 Å². The number of hydrogen-bond acceptors (Lipinski definition) is 4. The SMILES string of the molecule is CC(C)C(CNC1CCS(=O)(=O)C1)N(C)C. The summed E-state index contributed by atoms with van der Waals surface area (Å²) in [6.45, 7) is 5.25. The van der Waals surface area contributed by atoms with E-state index in [1.807, 2.05) is 0 Å². The van der Waals surface area contributed by atoms with Crippen molar-refractivity contribution in [2.24, 2.45) is 5.92 Å². The smallest absolute Gasteiger partial charge is 0.151 e. The minimum absolute atomic E-state index is 0.159. The Morgan fingerprint density at radius 1 is 1.38 bits per heavy atom. The van der Waals surface area contributed by atoms with Crippen LogP contribution < -0.4 is 5.32 Å². The molecule has 0 amide bonds. The van der Waals surface area contributed by atoms with Gasteiger partial charge in [-0.2, -0.15) is 0 Å². The quantitative estimate of drug-likeness (QED) is 0.763. The number of hydrogen-bond donors (Lipinski definition) is 1. The van der Waals surface area contributed by atoms with Gasteiger partial charge in [0.15, 0.2) is 9.84 Å². The lowest BCUT2D eigenvalue weighted by atomic mass is 10.0. The van der Waals surface area contributed by atoms with E-state index in [9.17, 15) is 8.42 Å². The van der Waals surface area contributed by atoms with Gasteiger partial charge in [0.05, 0.1) is 11.5 Å². The summed E-state index contributed by atoms with van der Waals surface area (Å²) >= 11 is 0. The highest BCUT2D eigenvalue weighted by Crippen LogP contribution is 2.12. The first-order valence-corrected chi connectivity index (χ1v) is 7.74. The lowest BCUT2D eigenvalue weighted by molar-refractivity contribution is 0.220. The van der Waals surface area contributed by atoms with Crippen molar-refractivity contribution in [3.8, 4) is 0 Å². The first-order valence-electron chi connectivity index (χ1n) is 5.92. The van der Waals surface area contributed by atoms with E-state index >= 15 is 0 Å². The van der Waals surface area contributed by atoms with Crippen LogP contribution in [0.15, 0.2) is 0 Å². The maximum absolute atomic E-state index is 11.3. The molecule has 1 N–H and O–H groups in total. The summed E-state index contributed by atoms with van der Waals surface area (Å²) in [6.07, 6.45) is 0.764. The topological polar surface area (TPSA) is 49.4 Å². The fraction of sp³-hybridized carbons (Fsp3) is 1.00. The third-order valence-electron chi connectivity index (χ3n) is 3.28. The summed E-state index contributed by atoms with van der Waals surface area (Å²) < 4.78 is 22.6. The highest BCUT2D eigenvalue weighted by Gasteiger charge is 2.28. The minimum Gasteiger partial charge on any atom is -0.311 e. The molecule has 1 saturated heterocycles. The van der Waals surface area contributed by atoms with Crippen molar-refractivity contribution in [3.05, 3.63) is 0 Å². The first-order chi connectivity index (χ1) is 7.32. The molecule has 4 nitrogen and oxygen atoms in total. The summed E-state index contributed by atoms with van der Waals surface area (Å²) in [5.41, 5.74) is 0. The molecule has 0 bridgehead atoms. The van der Waals surface area contributed by atoms with E-state index in [1.54, 1.807) is 0 Å². The predicted molar refractivity (Wildman–Crippen MR) is 67.4 cm³/mol. The molecule has 0 saturated carbocycles. The van der Waals surface area contributed by atoms with E-state index in [2.05, 4.69) is 38.2 Å². The van der Waals surface area contributed by atoms with Crippen molar-refractivity contribution >= 4 is 9.84 Å². The number of sulfone groups is 1. The van der Waals surface area contributed by atoms with Gasteiger partial charge in [0, 0.05) is 18.6 Å². The molecule has 1 aliphatic heterocycles. The van der Waals surface area contributed by atoms with Crippen LogP contribution in [0.25, 0.3) is 0 Å². The van der Waals surface area contributed by atoms with Crippen LogP contribution in [0.3, 0.4) is 0 Å². The van der Waals surface area contributed by atoms with Gasteiger partial charge < -0.3 is 10.2 Å². The zero-order valence-electron chi connectivity index (χ0n) is 10.7. The van der Waals surface area contributed by atoms with E-state index < -0.39 is 9.84 Å². The Morgan fingerprint density at radius 3 is 2.38 bits per heavy atom. The molecule has 0 aliphatic carbocycles. The molecule has 1 rings (SSSR count). The Balaban J connectivity index is 2.39. The second kappa shape index (κ2) is 5.47. The van der Waals surface area contributed by atoms with Gasteiger partial charge in [0.25, 0.3) is 0 Å². The van der Waals surface area contributed by atoms with Gasteiger partial charge in [-0.15, -0.1) is 0 Å². The maximum atomic E-state index is 11.3. The molecule has 2 unspecified atom stereocenters. The van der Waals surface area contributed by atoms with Gasteiger partial charge in [0.2, 0.25) is 0 Å². The van der Waals surface area contributed by atoms with Crippen molar-refractivity contribution in [3.63, 3.8) is 0 Å². The zero-order valence-corrected chi connectivity index (χ0v) is 11.5. The van der Waals surface area contributed by atoms with Gasteiger partial charge >= 0.3 is 0 Å². The Bertz CT molecular complexity index is 304. The molecule has 96 valence electrons. The molecule has 0 spiro atoms. The molecule has 1 fully saturated rings. The van der Waals surface area contributed by atoms with Crippen LogP contribution in [-0.2, 0) is 9.84 Å². The highest BCUT2D eigenvalue weighted by molar-refractivity contribution is 7.91. The lowest BCUT2D eigenvalue weighted by Gasteiger charge is -2.29. The van der Waals surface area contributed by atoms with E-state index in [1.165, 1.54) is 0 Å². The molecular weight excluding hydrogens is 224 g/mol. The van der Waals surface area contributed by atoms with Crippen LogP contribution in [0, 0.1) is 5.92 Å². The van der Waals surface area contributed by atoms with E-state index in [4.69, 9.17) is 0 Å². The normalized spacial score (nSPS) is 26.5. The van der Waals surface area contributed by atoms with Crippen LogP contribution in [0.4, 0.5) is 0 Å². The van der Waals surface area contributed by atoms with Crippen molar-refractivity contribution in [1.82, 2.24) is 10.2 Å². The average molecular weight is 248 g/mol. The van der Waals surface area contributed by atoms with Crippen molar-refractivity contribution < 1.29 is 8.42 Å². The van der Waals surface area contributed by atoms with Gasteiger partial charge in [-0.05, 0) is 26.4 Å². The summed E-state index contributed by atoms with van der Waals surface area (Å²) in [6, 6.07) is 0.620. The highest BCUT2D eigenvalue weighted by atomic mass is 32.2. The predicted octanol–water partition coefficient (Wildman–Crippen LogP) is 0.349. The Kier molecular flexibility index (Phi) is 4.76. The first kappa shape index (κ1) is 13.9. The van der Waals surface area contributed by atoms with Gasteiger partial charge in [-0.1, -0.05) is 13.8 Å². The van der Waals surface area contributed by atoms with Gasteiger partial charge in [0.1, 0.15) is 0 Å². The third-order valence-corrected chi connectivity index (χ3v) is 5.05. The molecule has 2 atom stereocenters. The van der Waals surface area contributed by atoms with E-state index in [0.717, 1.165) is 13.0 Å². The van der Waals surface area contributed by atoms with Crippen LogP contribution >= 0.6 is 0 Å². The molecule has 16 heavy (non-hydrogen) atoms. The average Bonchev–Trinajstić information content (AvgIpc) is 2.44. The molecule has 0 radical (unpaired) electrons. The summed E-state index contributed by atoms with van der Waals surface area (Å²) in [7, 11) is 1.37. The second-order valence-electron chi connectivity index (χ2n) is 5.28. The maximum Gasteiger partial charge on any atom is 0.151 e. The Morgan fingerprint density at radius 2 is 2.00 bits per heavy atom. The fourth-order valence-corrected chi connectivity index (χ4v) is 3.97. The molecule has 1 heterocycles. The molecule has 0 aromatic rings. The van der Waals surface area contributed by atoms with Gasteiger partial charge in [-0.3, -0.25) is 0 Å². The van der Waals surface area contributed by atoms with E-state index in [0.29, 0.717) is 23.5 Å². The van der Waals surface area contributed by atoms with Crippen LogP contribution in [-0.4, -0.2) is 57.5 Å². The summed E-state index contributed by atoms with van der Waals surface area (Å²) in [5, 5.41) is 3.38. The summed E-state index contributed by atoms with van der Waals surface area (Å²) in [4.78, 5) is 2.20. The van der Waals surface area contributed by atoms with E-state index in [-0.39, 0.29) is 6.04 Å². The second-order valence-corrected chi connectivity index (χ2v) is 7.51. The monoisotopic (exact) mass is 248 g/mol. The minimum atomic E-state index is -2.76. The van der Waals surface area contributed by atoms with Crippen molar-refractivity contribution in [2.75, 3.05) is 32.1 Å². The molecule has 0 aromatic heterocycles. The number of likely N-dealkylation sites (N-methyl/N-ethyl adjacent to an activating group) is 1. The lowest BCUT2D eigenvalue weighted by Crippen LogP contribution is -2.45. The number of rotatable bonds is 5. The van der Waals surface area contributed by atoms with Crippen molar-refractivity contribution in [2.45, 2.75) is 32.4 Å².